The Bertz CT molecular complexity index is 326. The molecule has 0 saturated heterocycles. The van der Waals surface area contributed by atoms with Gasteiger partial charge in [-0.05, 0) is 24.0 Å². The molecule has 0 aromatic heterocycles. The summed E-state index contributed by atoms with van der Waals surface area (Å²) in [7, 11) is 0. The molecular weight excluding hydrogens is 186 g/mol. The van der Waals surface area contributed by atoms with E-state index in [2.05, 4.69) is 39.8 Å². The van der Waals surface area contributed by atoms with Gasteiger partial charge >= 0.3 is 0 Å². The van der Waals surface area contributed by atoms with E-state index in [1.165, 1.54) is 11.1 Å². The van der Waals surface area contributed by atoms with Crippen LogP contribution < -0.4 is 10.5 Å². The third kappa shape index (κ3) is 3.24. The highest BCUT2D eigenvalue weighted by Crippen LogP contribution is 2.31. The van der Waals surface area contributed by atoms with E-state index < -0.39 is 0 Å². The first-order chi connectivity index (χ1) is 6.95. The second kappa shape index (κ2) is 4.67. The zero-order chi connectivity index (χ0) is 11.5. The number of nitrogens with two attached hydrogens (primary N) is 1. The Labute approximate surface area is 92.4 Å². The van der Waals surface area contributed by atoms with Crippen LogP contribution in [0.15, 0.2) is 18.2 Å². The van der Waals surface area contributed by atoms with Gasteiger partial charge in [0.05, 0.1) is 0 Å². The van der Waals surface area contributed by atoms with Crippen molar-refractivity contribution in [3.63, 3.8) is 0 Å². The van der Waals surface area contributed by atoms with E-state index in [4.69, 9.17) is 10.5 Å². The Morgan fingerprint density at radius 2 is 1.93 bits per heavy atom. The summed E-state index contributed by atoms with van der Waals surface area (Å²) in [5, 5.41) is 0. The fourth-order valence-electron chi connectivity index (χ4n) is 1.52. The predicted molar refractivity (Wildman–Crippen MR) is 64.4 cm³/mol. The van der Waals surface area contributed by atoms with Crippen LogP contribution in [0, 0.1) is 6.92 Å². The van der Waals surface area contributed by atoms with Gasteiger partial charge in [0.1, 0.15) is 12.4 Å². The Morgan fingerprint density at radius 1 is 1.27 bits per heavy atom. The van der Waals surface area contributed by atoms with Crippen molar-refractivity contribution >= 4 is 0 Å². The monoisotopic (exact) mass is 207 g/mol. The molecule has 0 aliphatic carbocycles. The minimum atomic E-state index is 0.107. The predicted octanol–water partition coefficient (Wildman–Crippen LogP) is 2.63. The van der Waals surface area contributed by atoms with Crippen molar-refractivity contribution < 1.29 is 4.74 Å². The van der Waals surface area contributed by atoms with Crippen LogP contribution >= 0.6 is 0 Å². The second-order valence-corrected chi connectivity index (χ2v) is 4.89. The summed E-state index contributed by atoms with van der Waals surface area (Å²) in [6.45, 7) is 9.80. The van der Waals surface area contributed by atoms with Crippen LogP contribution in [0.2, 0.25) is 0 Å². The van der Waals surface area contributed by atoms with Gasteiger partial charge in [0, 0.05) is 6.54 Å². The van der Waals surface area contributed by atoms with Gasteiger partial charge in [-0.3, -0.25) is 0 Å². The van der Waals surface area contributed by atoms with Crippen molar-refractivity contribution in [3.8, 4) is 5.75 Å². The first-order valence-corrected chi connectivity index (χ1v) is 5.39. The van der Waals surface area contributed by atoms with Crippen molar-refractivity contribution in [1.82, 2.24) is 0 Å². The van der Waals surface area contributed by atoms with E-state index in [-0.39, 0.29) is 5.41 Å². The molecule has 0 amide bonds. The summed E-state index contributed by atoms with van der Waals surface area (Å²) in [5.41, 5.74) is 8.06. The van der Waals surface area contributed by atoms with Gasteiger partial charge in [-0.2, -0.15) is 0 Å². The summed E-state index contributed by atoms with van der Waals surface area (Å²) in [6.07, 6.45) is 0. The lowest BCUT2D eigenvalue weighted by atomic mass is 9.85. The van der Waals surface area contributed by atoms with Gasteiger partial charge in [0.2, 0.25) is 0 Å². The molecule has 15 heavy (non-hydrogen) atoms. The molecule has 84 valence electrons. The lowest BCUT2D eigenvalue weighted by Crippen LogP contribution is -2.16. The fourth-order valence-corrected chi connectivity index (χ4v) is 1.52. The summed E-state index contributed by atoms with van der Waals surface area (Å²) in [4.78, 5) is 0. The highest BCUT2D eigenvalue weighted by Gasteiger charge is 2.18. The molecular formula is C13H21NO. The van der Waals surface area contributed by atoms with Crippen molar-refractivity contribution in [3.05, 3.63) is 29.3 Å². The van der Waals surface area contributed by atoms with E-state index in [9.17, 15) is 0 Å². The average Bonchev–Trinajstić information content (AvgIpc) is 2.14. The van der Waals surface area contributed by atoms with E-state index in [0.717, 1.165) is 5.75 Å². The molecule has 1 aromatic rings. The van der Waals surface area contributed by atoms with Crippen LogP contribution in [0.4, 0.5) is 0 Å². The van der Waals surface area contributed by atoms with Gasteiger partial charge < -0.3 is 10.5 Å². The summed E-state index contributed by atoms with van der Waals surface area (Å²) >= 11 is 0. The third-order valence-corrected chi connectivity index (χ3v) is 2.32. The van der Waals surface area contributed by atoms with Crippen molar-refractivity contribution in [2.45, 2.75) is 33.1 Å². The van der Waals surface area contributed by atoms with E-state index in [0.29, 0.717) is 13.2 Å². The topological polar surface area (TPSA) is 35.2 Å². The van der Waals surface area contributed by atoms with E-state index in [1.807, 2.05) is 6.07 Å². The normalized spacial score (nSPS) is 11.5. The lowest BCUT2D eigenvalue weighted by Gasteiger charge is -2.23. The fraction of sp³-hybridized carbons (Fsp3) is 0.538. The Hall–Kier alpha value is -1.02. The number of ether oxygens (including phenoxy) is 1. The molecule has 0 fully saturated rings. The average molecular weight is 207 g/mol. The maximum absolute atomic E-state index is 5.64. The van der Waals surface area contributed by atoms with Crippen molar-refractivity contribution in [2.75, 3.05) is 13.2 Å². The van der Waals surface area contributed by atoms with Gasteiger partial charge in [0.25, 0.3) is 0 Å². The van der Waals surface area contributed by atoms with Crippen molar-refractivity contribution in [1.29, 1.82) is 0 Å². The molecule has 1 aromatic carbocycles. The number of rotatable bonds is 3. The number of benzene rings is 1. The summed E-state index contributed by atoms with van der Waals surface area (Å²) < 4.78 is 5.64. The van der Waals surface area contributed by atoms with Gasteiger partial charge in [-0.15, -0.1) is 0 Å². The maximum atomic E-state index is 5.64. The first kappa shape index (κ1) is 12.1. The Kier molecular flexibility index (Phi) is 3.75. The second-order valence-electron chi connectivity index (χ2n) is 4.89. The molecule has 2 nitrogen and oxygen atoms in total. The van der Waals surface area contributed by atoms with Gasteiger partial charge in [-0.25, -0.2) is 0 Å². The summed E-state index contributed by atoms with van der Waals surface area (Å²) in [6, 6.07) is 6.29. The third-order valence-electron chi connectivity index (χ3n) is 2.32. The molecule has 0 atom stereocenters. The van der Waals surface area contributed by atoms with E-state index in [1.54, 1.807) is 0 Å². The summed E-state index contributed by atoms with van der Waals surface area (Å²) in [5.74, 6) is 0.957. The highest BCUT2D eigenvalue weighted by molar-refractivity contribution is 5.41. The van der Waals surface area contributed by atoms with Crippen LogP contribution in [0.3, 0.4) is 0 Å². The van der Waals surface area contributed by atoms with E-state index >= 15 is 0 Å². The molecule has 0 bridgehead atoms. The Balaban J connectivity index is 3.04. The molecule has 0 aliphatic heterocycles. The smallest absolute Gasteiger partial charge is 0.123 e. The molecule has 2 heteroatoms. The van der Waals surface area contributed by atoms with Gasteiger partial charge in [0.15, 0.2) is 0 Å². The minimum absolute atomic E-state index is 0.107. The van der Waals surface area contributed by atoms with Crippen LogP contribution in [0.25, 0.3) is 0 Å². The first-order valence-electron chi connectivity index (χ1n) is 5.39. The molecule has 0 unspecified atom stereocenters. The number of hydrogen-bond acceptors (Lipinski definition) is 2. The number of aryl methyl sites for hydroxylation is 1. The maximum Gasteiger partial charge on any atom is 0.123 e. The Morgan fingerprint density at radius 3 is 2.47 bits per heavy atom. The number of hydrogen-bond donors (Lipinski definition) is 1. The largest absolute Gasteiger partial charge is 0.492 e. The molecule has 0 spiro atoms. The zero-order valence-electron chi connectivity index (χ0n) is 10.1. The lowest BCUT2D eigenvalue weighted by molar-refractivity contribution is 0.318. The standard InChI is InChI=1S/C13H21NO/c1-10-5-6-12(15-8-7-14)11(9-10)13(2,3)4/h5-6,9H,7-8,14H2,1-4H3. The minimum Gasteiger partial charge on any atom is -0.492 e. The van der Waals surface area contributed by atoms with Crippen LogP contribution in [-0.4, -0.2) is 13.2 Å². The van der Waals surface area contributed by atoms with Crippen LogP contribution in [0.1, 0.15) is 31.9 Å². The van der Waals surface area contributed by atoms with Crippen LogP contribution in [-0.2, 0) is 5.41 Å². The molecule has 0 aliphatic rings. The quantitative estimate of drug-likeness (QED) is 0.827. The highest BCUT2D eigenvalue weighted by atomic mass is 16.5. The molecule has 1 rings (SSSR count). The van der Waals surface area contributed by atoms with Gasteiger partial charge in [-0.1, -0.05) is 38.5 Å². The molecule has 0 saturated carbocycles. The molecule has 0 radical (unpaired) electrons. The zero-order valence-corrected chi connectivity index (χ0v) is 10.1. The molecule has 0 heterocycles. The SMILES string of the molecule is Cc1ccc(OCCN)c(C(C)(C)C)c1. The molecule has 2 N–H and O–H groups in total. The van der Waals surface area contributed by atoms with Crippen LogP contribution in [0.5, 0.6) is 5.75 Å². The van der Waals surface area contributed by atoms with Crippen molar-refractivity contribution in [2.24, 2.45) is 5.73 Å².